The van der Waals surface area contributed by atoms with Crippen LogP contribution in [-0.4, -0.2) is 30.6 Å². The second-order valence-corrected chi connectivity index (χ2v) is 8.22. The van der Waals surface area contributed by atoms with E-state index in [1.807, 2.05) is 27.7 Å². The van der Waals surface area contributed by atoms with Gasteiger partial charge < -0.3 is 10.2 Å². The Morgan fingerprint density at radius 3 is 2.19 bits per heavy atom. The average molecular weight is 373 g/mol. The van der Waals surface area contributed by atoms with E-state index in [0.717, 1.165) is 17.8 Å². The van der Waals surface area contributed by atoms with Gasteiger partial charge in [0.05, 0.1) is 0 Å². The molecule has 1 saturated heterocycles. The highest BCUT2D eigenvalue weighted by molar-refractivity contribution is 5.43. The minimum absolute atomic E-state index is 0.666. The van der Waals surface area contributed by atoms with E-state index >= 15 is 0 Å². The first kappa shape index (κ1) is 22.3. The lowest BCUT2D eigenvalue weighted by Gasteiger charge is -2.38. The molecule has 1 aromatic rings. The van der Waals surface area contributed by atoms with Gasteiger partial charge in [0.15, 0.2) is 0 Å². The predicted molar refractivity (Wildman–Crippen MR) is 120 cm³/mol. The molecule has 0 radical (unpaired) electrons. The summed E-state index contributed by atoms with van der Waals surface area (Å²) in [5.74, 6) is 3.19. The average Bonchev–Trinajstić information content (AvgIpc) is 3.21. The molecule has 1 aliphatic heterocycles. The molecule has 3 atom stereocenters. The fourth-order valence-electron chi connectivity index (χ4n) is 5.36. The van der Waals surface area contributed by atoms with Crippen molar-refractivity contribution in [2.75, 3.05) is 25.0 Å². The van der Waals surface area contributed by atoms with Gasteiger partial charge in [-0.15, -0.1) is 0 Å². The standard InChI is InChI=1S/C21H32N2.2C2H6/c1-2-7-20(8-3-1)22-21-11-13-23(14-12-21)16-17-9-10-18-5-4-6-19(18)15-17;2*1-2/h1-3,7-8,17-19,21-22H,4-6,9-16H2;2*1-2H3. The molecule has 2 aliphatic carbocycles. The second-order valence-electron chi connectivity index (χ2n) is 8.22. The van der Waals surface area contributed by atoms with Gasteiger partial charge >= 0.3 is 0 Å². The molecule has 0 bridgehead atoms. The van der Waals surface area contributed by atoms with E-state index in [2.05, 4.69) is 40.5 Å². The molecule has 3 fully saturated rings. The number of rotatable bonds is 4. The zero-order chi connectivity index (χ0) is 19.5. The molecule has 3 unspecified atom stereocenters. The van der Waals surface area contributed by atoms with Crippen LogP contribution in [0.15, 0.2) is 30.3 Å². The van der Waals surface area contributed by atoms with Crippen molar-refractivity contribution in [3.8, 4) is 0 Å². The quantitative estimate of drug-likeness (QED) is 0.623. The van der Waals surface area contributed by atoms with Crippen molar-refractivity contribution in [3.63, 3.8) is 0 Å². The highest BCUT2D eigenvalue weighted by atomic mass is 15.1. The summed E-state index contributed by atoms with van der Waals surface area (Å²) in [5, 5.41) is 3.71. The van der Waals surface area contributed by atoms with Gasteiger partial charge in [-0.25, -0.2) is 0 Å². The molecule has 2 saturated carbocycles. The van der Waals surface area contributed by atoms with Crippen molar-refractivity contribution in [2.45, 2.75) is 85.1 Å². The van der Waals surface area contributed by atoms with E-state index in [1.165, 1.54) is 76.7 Å². The maximum Gasteiger partial charge on any atom is 0.0342 e. The number of anilines is 1. The molecule has 2 heteroatoms. The van der Waals surface area contributed by atoms with Gasteiger partial charge in [0.25, 0.3) is 0 Å². The van der Waals surface area contributed by atoms with Gasteiger partial charge in [-0.05, 0) is 62.0 Å². The minimum atomic E-state index is 0.666. The lowest BCUT2D eigenvalue weighted by molar-refractivity contribution is 0.132. The van der Waals surface area contributed by atoms with Crippen molar-refractivity contribution >= 4 is 5.69 Å². The fraction of sp³-hybridized carbons (Fsp3) is 0.760. The Morgan fingerprint density at radius 2 is 1.48 bits per heavy atom. The Hall–Kier alpha value is -1.02. The van der Waals surface area contributed by atoms with Crippen LogP contribution in [0.3, 0.4) is 0 Å². The van der Waals surface area contributed by atoms with Gasteiger partial charge in [0.1, 0.15) is 0 Å². The van der Waals surface area contributed by atoms with E-state index in [1.54, 1.807) is 0 Å². The zero-order valence-electron chi connectivity index (χ0n) is 18.4. The summed E-state index contributed by atoms with van der Waals surface area (Å²) in [4.78, 5) is 2.75. The van der Waals surface area contributed by atoms with Crippen LogP contribution in [-0.2, 0) is 0 Å². The summed E-state index contributed by atoms with van der Waals surface area (Å²) in [6, 6.07) is 11.4. The number of piperidine rings is 1. The predicted octanol–water partition coefficient (Wildman–Crippen LogP) is 6.83. The van der Waals surface area contributed by atoms with E-state index in [9.17, 15) is 0 Å². The highest BCUT2D eigenvalue weighted by Crippen LogP contribution is 2.44. The smallest absolute Gasteiger partial charge is 0.0342 e. The third-order valence-corrected chi connectivity index (χ3v) is 6.65. The molecule has 0 aromatic heterocycles. The lowest BCUT2D eigenvalue weighted by Crippen LogP contribution is -2.42. The molecule has 1 N–H and O–H groups in total. The molecule has 2 nitrogen and oxygen atoms in total. The number of hydrogen-bond donors (Lipinski definition) is 1. The molecule has 1 heterocycles. The van der Waals surface area contributed by atoms with Crippen LogP contribution in [0.4, 0.5) is 5.69 Å². The summed E-state index contributed by atoms with van der Waals surface area (Å²) in [5.41, 5.74) is 1.28. The first-order valence-electron chi connectivity index (χ1n) is 11.9. The highest BCUT2D eigenvalue weighted by Gasteiger charge is 2.34. The van der Waals surface area contributed by atoms with Crippen LogP contribution in [0.5, 0.6) is 0 Å². The van der Waals surface area contributed by atoms with E-state index in [0.29, 0.717) is 6.04 Å². The summed E-state index contributed by atoms with van der Waals surface area (Å²) in [6.45, 7) is 11.9. The van der Waals surface area contributed by atoms with E-state index < -0.39 is 0 Å². The molecule has 154 valence electrons. The van der Waals surface area contributed by atoms with Gasteiger partial charge in [-0.2, -0.15) is 0 Å². The Labute approximate surface area is 169 Å². The van der Waals surface area contributed by atoms with Crippen molar-refractivity contribution < 1.29 is 0 Å². The molecule has 1 aromatic carbocycles. The number of fused-ring (bicyclic) bond motifs is 1. The molecule has 3 aliphatic rings. The number of benzene rings is 1. The number of nitrogens with zero attached hydrogens (tertiary/aromatic N) is 1. The summed E-state index contributed by atoms with van der Waals surface area (Å²) >= 11 is 0. The Bertz CT molecular complexity index is 478. The number of hydrogen-bond acceptors (Lipinski definition) is 2. The summed E-state index contributed by atoms with van der Waals surface area (Å²) in [7, 11) is 0. The van der Waals surface area contributed by atoms with Gasteiger partial charge in [-0.1, -0.05) is 65.2 Å². The minimum Gasteiger partial charge on any atom is -0.382 e. The molecule has 27 heavy (non-hydrogen) atoms. The Morgan fingerprint density at radius 1 is 0.815 bits per heavy atom. The van der Waals surface area contributed by atoms with Gasteiger partial charge in [0, 0.05) is 31.4 Å². The molecule has 0 amide bonds. The van der Waals surface area contributed by atoms with Crippen LogP contribution in [0.25, 0.3) is 0 Å². The molecule has 0 spiro atoms. The Balaban J connectivity index is 0.000000614. The van der Waals surface area contributed by atoms with Crippen molar-refractivity contribution in [1.29, 1.82) is 0 Å². The molecular formula is C25H44N2. The second kappa shape index (κ2) is 12.4. The van der Waals surface area contributed by atoms with Crippen molar-refractivity contribution in [3.05, 3.63) is 30.3 Å². The third kappa shape index (κ3) is 6.82. The van der Waals surface area contributed by atoms with Crippen LogP contribution in [0, 0.1) is 17.8 Å². The number of nitrogens with one attached hydrogen (secondary N) is 1. The normalized spacial score (nSPS) is 28.2. The van der Waals surface area contributed by atoms with E-state index in [-0.39, 0.29) is 0 Å². The zero-order valence-corrected chi connectivity index (χ0v) is 18.4. The van der Waals surface area contributed by atoms with Crippen LogP contribution in [0.2, 0.25) is 0 Å². The maximum absolute atomic E-state index is 3.71. The number of para-hydroxylation sites is 1. The summed E-state index contributed by atoms with van der Waals surface area (Å²) in [6.07, 6.45) is 11.7. The Kier molecular flexibility index (Phi) is 10.3. The van der Waals surface area contributed by atoms with Gasteiger partial charge in [0.2, 0.25) is 0 Å². The summed E-state index contributed by atoms with van der Waals surface area (Å²) < 4.78 is 0. The van der Waals surface area contributed by atoms with Crippen molar-refractivity contribution in [1.82, 2.24) is 4.90 Å². The maximum atomic E-state index is 3.71. The number of likely N-dealkylation sites (tertiary alicyclic amines) is 1. The van der Waals surface area contributed by atoms with Crippen LogP contribution in [0.1, 0.15) is 79.1 Å². The van der Waals surface area contributed by atoms with Crippen LogP contribution < -0.4 is 5.32 Å². The van der Waals surface area contributed by atoms with Gasteiger partial charge in [-0.3, -0.25) is 0 Å². The topological polar surface area (TPSA) is 15.3 Å². The lowest BCUT2D eigenvalue weighted by atomic mass is 9.75. The monoisotopic (exact) mass is 372 g/mol. The molecular weight excluding hydrogens is 328 g/mol. The van der Waals surface area contributed by atoms with Crippen LogP contribution >= 0.6 is 0 Å². The first-order valence-corrected chi connectivity index (χ1v) is 11.9. The van der Waals surface area contributed by atoms with Crippen molar-refractivity contribution in [2.24, 2.45) is 17.8 Å². The van der Waals surface area contributed by atoms with E-state index in [4.69, 9.17) is 0 Å². The first-order chi connectivity index (χ1) is 13.4. The third-order valence-electron chi connectivity index (χ3n) is 6.65. The largest absolute Gasteiger partial charge is 0.382 e. The fourth-order valence-corrected chi connectivity index (χ4v) is 5.36. The molecule has 4 rings (SSSR count). The SMILES string of the molecule is CC.CC.c1ccc(NC2CCN(CC3CCC4CCCC4C3)CC2)cc1.